The van der Waals surface area contributed by atoms with Crippen LogP contribution >= 0.6 is 0 Å². The molecule has 0 amide bonds. The summed E-state index contributed by atoms with van der Waals surface area (Å²) < 4.78 is 29.7. The van der Waals surface area contributed by atoms with Crippen LogP contribution in [0.15, 0.2) is 65.3 Å². The van der Waals surface area contributed by atoms with Crippen LogP contribution in [0.5, 0.6) is 17.2 Å². The van der Waals surface area contributed by atoms with Crippen LogP contribution in [0.2, 0.25) is 0 Å². The lowest BCUT2D eigenvalue weighted by Gasteiger charge is -2.10. The van der Waals surface area contributed by atoms with E-state index < -0.39 is 0 Å². The summed E-state index contributed by atoms with van der Waals surface area (Å²) in [5.41, 5.74) is 0.566. The van der Waals surface area contributed by atoms with Gasteiger partial charge in [0.1, 0.15) is 28.8 Å². The Kier molecular flexibility index (Phi) is 3.60. The highest BCUT2D eigenvalue weighted by atomic mass is 19.1. The molecule has 0 atom stereocenters. The minimum atomic E-state index is -0.344. The molecule has 0 saturated heterocycles. The van der Waals surface area contributed by atoms with Crippen molar-refractivity contribution in [3.63, 3.8) is 0 Å². The van der Waals surface area contributed by atoms with Gasteiger partial charge < -0.3 is 13.9 Å². The maximum absolute atomic E-state index is 13.5. The van der Waals surface area contributed by atoms with Crippen molar-refractivity contribution in [3.8, 4) is 28.6 Å². The number of halogens is 1. The van der Waals surface area contributed by atoms with E-state index >= 15 is 0 Å². The minimum absolute atomic E-state index is 0.344. The summed E-state index contributed by atoms with van der Waals surface area (Å²) in [5.74, 6) is 2.11. The highest BCUT2D eigenvalue weighted by molar-refractivity contribution is 5.66. The average molecular weight is 284 g/mol. The molecule has 0 N–H and O–H groups in total. The van der Waals surface area contributed by atoms with Gasteiger partial charge in [0.25, 0.3) is 0 Å². The normalized spacial score (nSPS) is 10.4. The zero-order valence-electron chi connectivity index (χ0n) is 11.4. The molecule has 0 saturated carbocycles. The maximum atomic E-state index is 13.5. The lowest BCUT2D eigenvalue weighted by Crippen LogP contribution is -1.89. The summed E-state index contributed by atoms with van der Waals surface area (Å²) >= 11 is 0. The number of methoxy groups -OCH3 is 1. The first-order chi connectivity index (χ1) is 10.3. The predicted molar refractivity (Wildman–Crippen MR) is 77.2 cm³/mol. The number of hydrogen-bond acceptors (Lipinski definition) is 3. The average Bonchev–Trinajstić information content (AvgIpc) is 3.04. The van der Waals surface area contributed by atoms with E-state index in [1.165, 1.54) is 18.4 Å². The van der Waals surface area contributed by atoms with Crippen LogP contribution in [0, 0.1) is 5.82 Å². The third-order valence-electron chi connectivity index (χ3n) is 3.02. The first kappa shape index (κ1) is 13.2. The Morgan fingerprint density at radius 3 is 2.38 bits per heavy atom. The largest absolute Gasteiger partial charge is 0.497 e. The Morgan fingerprint density at radius 1 is 0.952 bits per heavy atom. The van der Waals surface area contributed by atoms with Crippen molar-refractivity contribution in [2.45, 2.75) is 0 Å². The molecule has 1 heterocycles. The Morgan fingerprint density at radius 2 is 1.71 bits per heavy atom. The van der Waals surface area contributed by atoms with Crippen molar-refractivity contribution < 1.29 is 18.3 Å². The fourth-order valence-electron chi connectivity index (χ4n) is 1.99. The molecular weight excluding hydrogens is 271 g/mol. The van der Waals surface area contributed by atoms with Crippen LogP contribution in [-0.4, -0.2) is 7.11 Å². The van der Waals surface area contributed by atoms with Gasteiger partial charge in [-0.15, -0.1) is 0 Å². The Labute approximate surface area is 121 Å². The van der Waals surface area contributed by atoms with Gasteiger partial charge in [0.2, 0.25) is 0 Å². The van der Waals surface area contributed by atoms with E-state index in [0.29, 0.717) is 22.8 Å². The predicted octanol–water partition coefficient (Wildman–Crippen LogP) is 4.89. The molecule has 4 heteroatoms. The first-order valence-electron chi connectivity index (χ1n) is 6.41. The van der Waals surface area contributed by atoms with Gasteiger partial charge in [0, 0.05) is 0 Å². The molecule has 3 rings (SSSR count). The molecule has 0 aliphatic heterocycles. The van der Waals surface area contributed by atoms with Crippen molar-refractivity contribution in [1.82, 2.24) is 0 Å². The Bertz CT molecular complexity index is 718. The van der Waals surface area contributed by atoms with E-state index in [9.17, 15) is 4.39 Å². The van der Waals surface area contributed by atoms with E-state index in [0.717, 1.165) is 5.75 Å². The molecule has 0 fully saturated rings. The summed E-state index contributed by atoms with van der Waals surface area (Å²) in [5, 5.41) is 0. The molecule has 0 aliphatic rings. The number of furan rings is 1. The molecule has 3 nitrogen and oxygen atoms in total. The van der Waals surface area contributed by atoms with E-state index in [1.54, 1.807) is 49.6 Å². The summed E-state index contributed by atoms with van der Waals surface area (Å²) in [7, 11) is 1.60. The SMILES string of the molecule is COc1ccc(Oc2ccc(F)cc2-c2ccco2)cc1. The van der Waals surface area contributed by atoms with Gasteiger partial charge in [-0.05, 0) is 54.6 Å². The van der Waals surface area contributed by atoms with Crippen LogP contribution in [0.1, 0.15) is 0 Å². The van der Waals surface area contributed by atoms with Crippen LogP contribution in [-0.2, 0) is 0 Å². The molecule has 0 unspecified atom stereocenters. The van der Waals surface area contributed by atoms with Gasteiger partial charge in [-0.3, -0.25) is 0 Å². The van der Waals surface area contributed by atoms with Gasteiger partial charge >= 0.3 is 0 Å². The molecular formula is C17H13FO3. The van der Waals surface area contributed by atoms with Crippen molar-refractivity contribution >= 4 is 0 Å². The molecule has 0 radical (unpaired) electrons. The molecule has 0 spiro atoms. The standard InChI is InChI=1S/C17H13FO3/c1-19-13-5-7-14(8-6-13)21-17-9-4-12(18)11-15(17)16-3-2-10-20-16/h2-11H,1H3. The minimum Gasteiger partial charge on any atom is -0.497 e. The summed E-state index contributed by atoms with van der Waals surface area (Å²) in [4.78, 5) is 0. The van der Waals surface area contributed by atoms with E-state index in [-0.39, 0.29) is 5.82 Å². The molecule has 21 heavy (non-hydrogen) atoms. The summed E-state index contributed by atoms with van der Waals surface area (Å²) in [6.45, 7) is 0. The van der Waals surface area contributed by atoms with E-state index in [4.69, 9.17) is 13.9 Å². The second-order valence-electron chi connectivity index (χ2n) is 4.40. The number of hydrogen-bond donors (Lipinski definition) is 0. The molecule has 0 bridgehead atoms. The molecule has 0 aliphatic carbocycles. The molecule has 2 aromatic carbocycles. The topological polar surface area (TPSA) is 31.6 Å². The van der Waals surface area contributed by atoms with Gasteiger partial charge in [-0.2, -0.15) is 0 Å². The van der Waals surface area contributed by atoms with Crippen molar-refractivity contribution in [1.29, 1.82) is 0 Å². The quantitative estimate of drug-likeness (QED) is 0.683. The zero-order chi connectivity index (χ0) is 14.7. The zero-order valence-corrected chi connectivity index (χ0v) is 11.4. The maximum Gasteiger partial charge on any atom is 0.138 e. The fraction of sp³-hybridized carbons (Fsp3) is 0.0588. The molecule has 1 aromatic heterocycles. The van der Waals surface area contributed by atoms with Crippen molar-refractivity contribution in [3.05, 3.63) is 66.7 Å². The monoisotopic (exact) mass is 284 g/mol. The highest BCUT2D eigenvalue weighted by Gasteiger charge is 2.11. The van der Waals surface area contributed by atoms with Crippen LogP contribution in [0.4, 0.5) is 4.39 Å². The number of benzene rings is 2. The van der Waals surface area contributed by atoms with Crippen molar-refractivity contribution in [2.24, 2.45) is 0 Å². The van der Waals surface area contributed by atoms with Gasteiger partial charge in [0.05, 0.1) is 18.9 Å². The fourth-order valence-corrected chi connectivity index (χ4v) is 1.99. The Balaban J connectivity index is 1.94. The van der Waals surface area contributed by atoms with E-state index in [2.05, 4.69) is 0 Å². The highest BCUT2D eigenvalue weighted by Crippen LogP contribution is 2.34. The van der Waals surface area contributed by atoms with Crippen molar-refractivity contribution in [2.75, 3.05) is 7.11 Å². The summed E-state index contributed by atoms with van der Waals surface area (Å²) in [6, 6.07) is 15.0. The third kappa shape index (κ3) is 2.89. The van der Waals surface area contributed by atoms with Gasteiger partial charge in [0.15, 0.2) is 0 Å². The number of rotatable bonds is 4. The number of ether oxygens (including phenoxy) is 2. The summed E-state index contributed by atoms with van der Waals surface area (Å²) in [6.07, 6.45) is 1.54. The molecule has 106 valence electrons. The van der Waals surface area contributed by atoms with Gasteiger partial charge in [-0.25, -0.2) is 4.39 Å². The lowest BCUT2D eigenvalue weighted by molar-refractivity contribution is 0.413. The van der Waals surface area contributed by atoms with Gasteiger partial charge in [-0.1, -0.05) is 0 Å². The smallest absolute Gasteiger partial charge is 0.138 e. The second kappa shape index (κ2) is 5.71. The second-order valence-corrected chi connectivity index (χ2v) is 4.40. The van der Waals surface area contributed by atoms with Crippen LogP contribution < -0.4 is 9.47 Å². The first-order valence-corrected chi connectivity index (χ1v) is 6.41. The third-order valence-corrected chi connectivity index (χ3v) is 3.02. The lowest BCUT2D eigenvalue weighted by atomic mass is 10.1. The Hall–Kier alpha value is -2.75. The van der Waals surface area contributed by atoms with Crippen LogP contribution in [0.25, 0.3) is 11.3 Å². The molecule has 3 aromatic rings. The van der Waals surface area contributed by atoms with Crippen LogP contribution in [0.3, 0.4) is 0 Å². The van der Waals surface area contributed by atoms with E-state index in [1.807, 2.05) is 0 Å².